The molecule has 4 aromatic rings. The van der Waals surface area contributed by atoms with Crippen molar-refractivity contribution in [1.82, 2.24) is 14.7 Å². The zero-order valence-corrected chi connectivity index (χ0v) is 21.0. The molecule has 0 spiro atoms. The SMILES string of the molecule is Cn1nc(-c2ccccc2)c(CN(CC2CCCO2)C(=O)c2cccs2)c1Oc1ccc(Cl)cc1. The van der Waals surface area contributed by atoms with Gasteiger partial charge in [0, 0.05) is 30.8 Å². The molecule has 180 valence electrons. The van der Waals surface area contributed by atoms with E-state index in [1.54, 1.807) is 16.8 Å². The molecule has 0 aliphatic carbocycles. The summed E-state index contributed by atoms with van der Waals surface area (Å²) < 4.78 is 13.9. The Labute approximate surface area is 213 Å². The lowest BCUT2D eigenvalue weighted by Gasteiger charge is -2.25. The van der Waals surface area contributed by atoms with E-state index in [1.807, 2.05) is 71.9 Å². The van der Waals surface area contributed by atoms with E-state index >= 15 is 0 Å². The largest absolute Gasteiger partial charge is 0.439 e. The third kappa shape index (κ3) is 5.42. The zero-order valence-electron chi connectivity index (χ0n) is 19.4. The van der Waals surface area contributed by atoms with Crippen LogP contribution in [0, 0.1) is 0 Å². The molecule has 1 amide bonds. The van der Waals surface area contributed by atoms with Crippen molar-refractivity contribution in [1.29, 1.82) is 0 Å². The van der Waals surface area contributed by atoms with Gasteiger partial charge in [0.25, 0.3) is 5.91 Å². The van der Waals surface area contributed by atoms with Crippen molar-refractivity contribution in [2.45, 2.75) is 25.5 Å². The fraction of sp³-hybridized carbons (Fsp3) is 0.259. The summed E-state index contributed by atoms with van der Waals surface area (Å²) in [5.74, 6) is 1.21. The first kappa shape index (κ1) is 23.6. The summed E-state index contributed by atoms with van der Waals surface area (Å²) in [4.78, 5) is 16.1. The van der Waals surface area contributed by atoms with Gasteiger partial charge in [-0.2, -0.15) is 5.10 Å². The van der Waals surface area contributed by atoms with E-state index in [-0.39, 0.29) is 12.0 Å². The number of nitrogens with zero attached hydrogens (tertiary/aromatic N) is 3. The van der Waals surface area contributed by atoms with E-state index in [1.165, 1.54) is 11.3 Å². The summed E-state index contributed by atoms with van der Waals surface area (Å²) >= 11 is 7.51. The number of carbonyl (C=O) groups is 1. The predicted molar refractivity (Wildman–Crippen MR) is 138 cm³/mol. The Hall–Kier alpha value is -3.13. The molecule has 0 N–H and O–H groups in total. The fourth-order valence-electron chi connectivity index (χ4n) is 4.27. The van der Waals surface area contributed by atoms with E-state index in [2.05, 4.69) is 0 Å². The van der Waals surface area contributed by atoms with Crippen LogP contribution in [0.15, 0.2) is 72.1 Å². The molecule has 35 heavy (non-hydrogen) atoms. The standard InChI is InChI=1S/C27H26ClN3O3S/c1-30-27(34-21-13-11-20(28)12-14-21)23(25(29-30)19-7-3-2-4-8-19)18-31(17-22-9-5-15-33-22)26(32)24-10-6-16-35-24/h2-4,6-8,10-14,16,22H,5,9,15,17-18H2,1H3. The molecular weight excluding hydrogens is 482 g/mol. The molecule has 1 aliphatic rings. The molecule has 1 fully saturated rings. The number of hydrogen-bond acceptors (Lipinski definition) is 5. The summed E-state index contributed by atoms with van der Waals surface area (Å²) in [6, 6.07) is 20.9. The van der Waals surface area contributed by atoms with Crippen LogP contribution in [0.3, 0.4) is 0 Å². The first-order chi connectivity index (χ1) is 17.1. The highest BCUT2D eigenvalue weighted by Crippen LogP contribution is 2.35. The summed E-state index contributed by atoms with van der Waals surface area (Å²) in [7, 11) is 1.85. The Kier molecular flexibility index (Phi) is 7.18. The first-order valence-electron chi connectivity index (χ1n) is 11.6. The van der Waals surface area contributed by atoms with Crippen LogP contribution in [-0.4, -0.2) is 39.8 Å². The van der Waals surface area contributed by atoms with Gasteiger partial charge < -0.3 is 14.4 Å². The van der Waals surface area contributed by atoms with Gasteiger partial charge in [0.15, 0.2) is 0 Å². The second-order valence-electron chi connectivity index (χ2n) is 8.48. The smallest absolute Gasteiger partial charge is 0.264 e. The second-order valence-corrected chi connectivity index (χ2v) is 9.86. The Morgan fingerprint density at radius 2 is 1.97 bits per heavy atom. The van der Waals surface area contributed by atoms with Gasteiger partial charge in [-0.15, -0.1) is 11.3 Å². The third-order valence-corrected chi connectivity index (χ3v) is 7.09. The normalized spacial score (nSPS) is 15.3. The Bertz CT molecular complexity index is 1270. The van der Waals surface area contributed by atoms with Gasteiger partial charge in [0.2, 0.25) is 5.88 Å². The van der Waals surface area contributed by atoms with Crippen molar-refractivity contribution in [3.63, 3.8) is 0 Å². The topological polar surface area (TPSA) is 56.6 Å². The van der Waals surface area contributed by atoms with Gasteiger partial charge >= 0.3 is 0 Å². The first-order valence-corrected chi connectivity index (χ1v) is 12.8. The maximum absolute atomic E-state index is 13.6. The minimum Gasteiger partial charge on any atom is -0.439 e. The van der Waals surface area contributed by atoms with E-state index in [0.717, 1.165) is 36.3 Å². The lowest BCUT2D eigenvalue weighted by Crippen LogP contribution is -2.36. The fourth-order valence-corrected chi connectivity index (χ4v) is 5.08. The number of aryl methyl sites for hydroxylation is 1. The number of amides is 1. The molecule has 0 bridgehead atoms. The van der Waals surface area contributed by atoms with Gasteiger partial charge in [-0.25, -0.2) is 4.68 Å². The molecule has 1 unspecified atom stereocenters. The van der Waals surface area contributed by atoms with E-state index in [9.17, 15) is 4.79 Å². The van der Waals surface area contributed by atoms with Crippen LogP contribution in [0.25, 0.3) is 11.3 Å². The van der Waals surface area contributed by atoms with Crippen molar-refractivity contribution in [2.24, 2.45) is 7.05 Å². The minimum absolute atomic E-state index is 0.0178. The molecule has 1 atom stereocenters. The van der Waals surface area contributed by atoms with Gasteiger partial charge in [-0.3, -0.25) is 4.79 Å². The molecule has 3 heterocycles. The number of halogens is 1. The number of thiophene rings is 1. The molecule has 2 aromatic heterocycles. The van der Waals surface area contributed by atoms with E-state index in [0.29, 0.717) is 34.6 Å². The molecule has 8 heteroatoms. The molecule has 1 aliphatic heterocycles. The van der Waals surface area contributed by atoms with Crippen LogP contribution >= 0.6 is 22.9 Å². The molecule has 0 radical (unpaired) electrons. The Morgan fingerprint density at radius 3 is 2.66 bits per heavy atom. The second kappa shape index (κ2) is 10.6. The molecule has 1 saturated heterocycles. The summed E-state index contributed by atoms with van der Waals surface area (Å²) in [5, 5.41) is 7.36. The van der Waals surface area contributed by atoms with Gasteiger partial charge in [-0.05, 0) is 48.6 Å². The van der Waals surface area contributed by atoms with Crippen LogP contribution in [0.2, 0.25) is 5.02 Å². The van der Waals surface area contributed by atoms with Crippen LogP contribution in [0.4, 0.5) is 0 Å². The third-order valence-electron chi connectivity index (χ3n) is 5.98. The average molecular weight is 508 g/mol. The van der Waals surface area contributed by atoms with E-state index < -0.39 is 0 Å². The number of hydrogen-bond donors (Lipinski definition) is 0. The van der Waals surface area contributed by atoms with Gasteiger partial charge in [0.1, 0.15) is 11.4 Å². The van der Waals surface area contributed by atoms with Gasteiger partial charge in [0.05, 0.1) is 23.1 Å². The quantitative estimate of drug-likeness (QED) is 0.276. The van der Waals surface area contributed by atoms with E-state index in [4.69, 9.17) is 26.2 Å². The predicted octanol–water partition coefficient (Wildman–Crippen LogP) is 6.42. The highest BCUT2D eigenvalue weighted by atomic mass is 35.5. The van der Waals surface area contributed by atoms with Crippen LogP contribution in [-0.2, 0) is 18.3 Å². The highest BCUT2D eigenvalue weighted by Gasteiger charge is 2.28. The zero-order chi connectivity index (χ0) is 24.2. The summed E-state index contributed by atoms with van der Waals surface area (Å²) in [6.07, 6.45) is 1.98. The van der Waals surface area contributed by atoms with Crippen molar-refractivity contribution < 1.29 is 14.3 Å². The molecule has 2 aromatic carbocycles. The van der Waals surface area contributed by atoms with Crippen molar-refractivity contribution in [3.05, 3.63) is 87.6 Å². The van der Waals surface area contributed by atoms with Crippen LogP contribution < -0.4 is 4.74 Å². The van der Waals surface area contributed by atoms with Crippen LogP contribution in [0.5, 0.6) is 11.6 Å². The number of carbonyl (C=O) groups excluding carboxylic acids is 1. The lowest BCUT2D eigenvalue weighted by atomic mass is 10.1. The Morgan fingerprint density at radius 1 is 1.17 bits per heavy atom. The van der Waals surface area contributed by atoms with Crippen molar-refractivity contribution in [3.8, 4) is 22.9 Å². The summed E-state index contributed by atoms with van der Waals surface area (Å²) in [5.41, 5.74) is 2.59. The summed E-state index contributed by atoms with van der Waals surface area (Å²) in [6.45, 7) is 1.59. The maximum atomic E-state index is 13.6. The Balaban J connectivity index is 1.55. The number of ether oxygens (including phenoxy) is 2. The highest BCUT2D eigenvalue weighted by molar-refractivity contribution is 7.12. The lowest BCUT2D eigenvalue weighted by molar-refractivity contribution is 0.0510. The molecular formula is C27H26ClN3O3S. The number of benzene rings is 2. The number of rotatable bonds is 8. The maximum Gasteiger partial charge on any atom is 0.264 e. The van der Waals surface area contributed by atoms with Crippen LogP contribution in [0.1, 0.15) is 28.1 Å². The van der Waals surface area contributed by atoms with Crippen molar-refractivity contribution in [2.75, 3.05) is 13.2 Å². The van der Waals surface area contributed by atoms with Gasteiger partial charge in [-0.1, -0.05) is 48.0 Å². The minimum atomic E-state index is -0.0178. The molecule has 0 saturated carbocycles. The molecule has 5 rings (SSSR count). The molecule has 6 nitrogen and oxygen atoms in total. The number of aromatic nitrogens is 2. The average Bonchev–Trinajstić information content (AvgIpc) is 3.64. The monoisotopic (exact) mass is 507 g/mol. The van der Waals surface area contributed by atoms with Crippen molar-refractivity contribution >= 4 is 28.8 Å².